The van der Waals surface area contributed by atoms with Gasteiger partial charge in [0.1, 0.15) is 29.6 Å². The third-order valence-electron chi connectivity index (χ3n) is 3.81. The number of nitro benzene ring substituents is 1. The Labute approximate surface area is 139 Å². The van der Waals surface area contributed by atoms with Crippen molar-refractivity contribution < 1.29 is 4.92 Å². The number of aryl methyl sites for hydroxylation is 1. The average Bonchev–Trinajstić information content (AvgIpc) is 3.10. The van der Waals surface area contributed by atoms with E-state index in [0.717, 1.165) is 25.9 Å². The topological polar surface area (TPSA) is 130 Å². The van der Waals surface area contributed by atoms with Crippen LogP contribution in [0.2, 0.25) is 0 Å². The zero-order valence-corrected chi connectivity index (χ0v) is 13.0. The smallest absolute Gasteiger partial charge is 0.292 e. The van der Waals surface area contributed by atoms with Gasteiger partial charge in [-0.2, -0.15) is 15.8 Å². The highest BCUT2D eigenvalue weighted by atomic mass is 16.6. The molecule has 120 valence electrons. The van der Waals surface area contributed by atoms with Crippen molar-refractivity contribution >= 4 is 17.1 Å². The monoisotopic (exact) mass is 322 g/mol. The number of nitrogens with one attached hydrogen (secondary N) is 1. The van der Waals surface area contributed by atoms with Crippen LogP contribution in [0.3, 0.4) is 0 Å². The minimum Gasteiger partial charge on any atom is -0.366 e. The Bertz CT molecular complexity index is 816. The summed E-state index contributed by atoms with van der Waals surface area (Å²) in [7, 11) is 0. The number of allylic oxidation sites excluding steroid dienone is 2. The Balaban J connectivity index is 2.52. The number of nitro groups is 1. The van der Waals surface area contributed by atoms with Crippen molar-refractivity contribution in [2.45, 2.75) is 19.8 Å². The van der Waals surface area contributed by atoms with Crippen LogP contribution in [-0.4, -0.2) is 18.0 Å². The summed E-state index contributed by atoms with van der Waals surface area (Å²) in [5.41, 5.74) is 0.971. The fourth-order valence-electron chi connectivity index (χ4n) is 2.59. The quantitative estimate of drug-likeness (QED) is 0.512. The molecular formula is C16H14N6O2. The van der Waals surface area contributed by atoms with Gasteiger partial charge in [0, 0.05) is 24.8 Å². The first-order valence-corrected chi connectivity index (χ1v) is 7.27. The van der Waals surface area contributed by atoms with Gasteiger partial charge < -0.3 is 10.2 Å². The molecule has 0 aromatic heterocycles. The summed E-state index contributed by atoms with van der Waals surface area (Å²) < 4.78 is 0. The molecule has 1 saturated heterocycles. The molecule has 1 N–H and O–H groups in total. The maximum atomic E-state index is 11.3. The Morgan fingerprint density at radius 3 is 2.33 bits per heavy atom. The minimum absolute atomic E-state index is 0.00299. The number of anilines is 2. The lowest BCUT2D eigenvalue weighted by Crippen LogP contribution is -2.19. The zero-order chi connectivity index (χ0) is 17.7. The number of nitrogens with zero attached hydrogens (tertiary/aromatic N) is 5. The molecule has 0 radical (unpaired) electrons. The second-order valence-electron chi connectivity index (χ2n) is 5.32. The van der Waals surface area contributed by atoms with E-state index in [4.69, 9.17) is 15.8 Å². The Morgan fingerprint density at radius 1 is 1.21 bits per heavy atom. The summed E-state index contributed by atoms with van der Waals surface area (Å²) in [4.78, 5) is 12.8. The molecule has 0 saturated carbocycles. The second kappa shape index (κ2) is 7.13. The van der Waals surface area contributed by atoms with Crippen molar-refractivity contribution in [3.8, 4) is 18.2 Å². The molecule has 1 aliphatic rings. The Kier molecular flexibility index (Phi) is 4.99. The van der Waals surface area contributed by atoms with E-state index in [2.05, 4.69) is 5.32 Å². The SMILES string of the molecule is Cc1cc([N+](=O)[O-])c(N2CCCC2)cc1NC(C#N)=C(C#N)C#N. The first-order chi connectivity index (χ1) is 11.5. The van der Waals surface area contributed by atoms with Gasteiger partial charge in [-0.05, 0) is 31.4 Å². The van der Waals surface area contributed by atoms with E-state index >= 15 is 0 Å². The van der Waals surface area contributed by atoms with E-state index in [1.54, 1.807) is 31.2 Å². The van der Waals surface area contributed by atoms with Gasteiger partial charge in [-0.1, -0.05) is 0 Å². The lowest BCUT2D eigenvalue weighted by atomic mass is 10.1. The highest BCUT2D eigenvalue weighted by molar-refractivity contribution is 5.74. The minimum atomic E-state index is -0.429. The number of rotatable bonds is 4. The van der Waals surface area contributed by atoms with Crippen LogP contribution >= 0.6 is 0 Å². The number of hydrogen-bond donors (Lipinski definition) is 1. The lowest BCUT2D eigenvalue weighted by molar-refractivity contribution is -0.384. The number of nitriles is 3. The van der Waals surface area contributed by atoms with E-state index < -0.39 is 4.92 Å². The van der Waals surface area contributed by atoms with E-state index in [1.165, 1.54) is 6.07 Å². The fourth-order valence-corrected chi connectivity index (χ4v) is 2.59. The molecule has 1 heterocycles. The summed E-state index contributed by atoms with van der Waals surface area (Å²) in [6.45, 7) is 3.12. The Hall–Kier alpha value is -3.57. The van der Waals surface area contributed by atoms with Gasteiger partial charge in [0.2, 0.25) is 0 Å². The second-order valence-corrected chi connectivity index (χ2v) is 5.32. The van der Waals surface area contributed by atoms with Crippen LogP contribution in [0.25, 0.3) is 0 Å². The van der Waals surface area contributed by atoms with Crippen LogP contribution in [0.1, 0.15) is 18.4 Å². The van der Waals surface area contributed by atoms with Crippen LogP contribution in [0, 0.1) is 51.0 Å². The summed E-state index contributed by atoms with van der Waals surface area (Å²) in [5, 5.41) is 41.0. The van der Waals surface area contributed by atoms with Crippen molar-refractivity contribution in [1.29, 1.82) is 15.8 Å². The average molecular weight is 322 g/mol. The van der Waals surface area contributed by atoms with Crippen LogP contribution < -0.4 is 10.2 Å². The molecule has 0 amide bonds. The van der Waals surface area contributed by atoms with Gasteiger partial charge in [-0.25, -0.2) is 0 Å². The predicted octanol–water partition coefficient (Wildman–Crippen LogP) is 2.74. The van der Waals surface area contributed by atoms with Gasteiger partial charge in [-0.15, -0.1) is 0 Å². The van der Waals surface area contributed by atoms with E-state index in [-0.39, 0.29) is 17.0 Å². The van der Waals surface area contributed by atoms with Crippen LogP contribution in [-0.2, 0) is 0 Å². The van der Waals surface area contributed by atoms with Gasteiger partial charge >= 0.3 is 0 Å². The van der Waals surface area contributed by atoms with Gasteiger partial charge in [0.25, 0.3) is 5.69 Å². The van der Waals surface area contributed by atoms with E-state index in [1.807, 2.05) is 4.90 Å². The third-order valence-corrected chi connectivity index (χ3v) is 3.81. The molecule has 0 spiro atoms. The molecule has 24 heavy (non-hydrogen) atoms. The molecule has 1 aliphatic heterocycles. The molecular weight excluding hydrogens is 308 g/mol. The maximum absolute atomic E-state index is 11.3. The molecule has 0 atom stereocenters. The highest BCUT2D eigenvalue weighted by Crippen LogP contribution is 2.36. The molecule has 1 aromatic carbocycles. The number of benzene rings is 1. The zero-order valence-electron chi connectivity index (χ0n) is 13.0. The van der Waals surface area contributed by atoms with Crippen molar-refractivity contribution in [3.05, 3.63) is 39.1 Å². The molecule has 0 unspecified atom stereocenters. The highest BCUT2D eigenvalue weighted by Gasteiger charge is 2.24. The largest absolute Gasteiger partial charge is 0.366 e. The molecule has 8 heteroatoms. The van der Waals surface area contributed by atoms with Gasteiger partial charge in [-0.3, -0.25) is 10.1 Å². The lowest BCUT2D eigenvalue weighted by Gasteiger charge is -2.20. The van der Waals surface area contributed by atoms with Crippen molar-refractivity contribution in [2.24, 2.45) is 0 Å². The number of hydrogen-bond acceptors (Lipinski definition) is 7. The standard InChI is InChI=1S/C16H14N6O2/c1-11-6-16(22(23)24)15(21-4-2-3-5-21)7-13(11)20-14(10-19)12(8-17)9-18/h6-7,20H,2-5H2,1H3. The summed E-state index contributed by atoms with van der Waals surface area (Å²) in [5.74, 6) is 0. The van der Waals surface area contributed by atoms with E-state index in [0.29, 0.717) is 16.9 Å². The van der Waals surface area contributed by atoms with Crippen LogP contribution in [0.15, 0.2) is 23.4 Å². The van der Waals surface area contributed by atoms with Crippen molar-refractivity contribution in [2.75, 3.05) is 23.3 Å². The first-order valence-electron chi connectivity index (χ1n) is 7.27. The Morgan fingerprint density at radius 2 is 1.83 bits per heavy atom. The summed E-state index contributed by atoms with van der Waals surface area (Å²) in [6.07, 6.45) is 1.92. The van der Waals surface area contributed by atoms with E-state index in [9.17, 15) is 10.1 Å². The fraction of sp³-hybridized carbons (Fsp3) is 0.312. The summed E-state index contributed by atoms with van der Waals surface area (Å²) in [6, 6.07) is 8.13. The van der Waals surface area contributed by atoms with Crippen molar-refractivity contribution in [3.63, 3.8) is 0 Å². The normalized spacial score (nSPS) is 12.7. The molecule has 8 nitrogen and oxygen atoms in total. The van der Waals surface area contributed by atoms with Crippen molar-refractivity contribution in [1.82, 2.24) is 0 Å². The predicted molar refractivity (Wildman–Crippen MR) is 86.8 cm³/mol. The molecule has 1 fully saturated rings. The van der Waals surface area contributed by atoms with Crippen LogP contribution in [0.5, 0.6) is 0 Å². The third kappa shape index (κ3) is 3.26. The van der Waals surface area contributed by atoms with Gasteiger partial charge in [0.15, 0.2) is 5.57 Å². The summed E-state index contributed by atoms with van der Waals surface area (Å²) >= 11 is 0. The maximum Gasteiger partial charge on any atom is 0.292 e. The first kappa shape index (κ1) is 16.8. The van der Waals surface area contributed by atoms with Crippen LogP contribution in [0.4, 0.5) is 17.1 Å². The molecule has 1 aromatic rings. The van der Waals surface area contributed by atoms with Gasteiger partial charge in [0.05, 0.1) is 4.92 Å². The molecule has 0 bridgehead atoms. The molecule has 0 aliphatic carbocycles. The molecule has 2 rings (SSSR count).